The SMILES string of the molecule is C[SiH](C)CCOCn1cc(C(F)(F)F)nc1-c1ccc(Br)cc1. The predicted molar refractivity (Wildman–Crippen MR) is 90.0 cm³/mol. The number of alkyl halides is 3. The van der Waals surface area contributed by atoms with Gasteiger partial charge in [0.1, 0.15) is 12.6 Å². The number of ether oxygens (including phenoxy) is 1. The van der Waals surface area contributed by atoms with E-state index in [-0.39, 0.29) is 12.6 Å². The van der Waals surface area contributed by atoms with E-state index < -0.39 is 20.7 Å². The van der Waals surface area contributed by atoms with Crippen LogP contribution in [0.3, 0.4) is 0 Å². The van der Waals surface area contributed by atoms with Crippen LogP contribution in [0.1, 0.15) is 5.69 Å². The molecule has 1 aromatic carbocycles. The molecule has 0 aliphatic heterocycles. The summed E-state index contributed by atoms with van der Waals surface area (Å²) >= 11 is 3.31. The van der Waals surface area contributed by atoms with Crippen molar-refractivity contribution in [1.29, 1.82) is 0 Å². The van der Waals surface area contributed by atoms with Gasteiger partial charge in [0.05, 0.1) is 0 Å². The van der Waals surface area contributed by atoms with E-state index in [1.165, 1.54) is 4.57 Å². The number of hydrogen-bond acceptors (Lipinski definition) is 2. The lowest BCUT2D eigenvalue weighted by Gasteiger charge is -2.09. The van der Waals surface area contributed by atoms with E-state index in [4.69, 9.17) is 4.74 Å². The second-order valence-electron chi connectivity index (χ2n) is 5.64. The Morgan fingerprint density at radius 3 is 2.43 bits per heavy atom. The molecule has 0 atom stereocenters. The van der Waals surface area contributed by atoms with E-state index in [2.05, 4.69) is 34.0 Å². The zero-order valence-corrected chi connectivity index (χ0v) is 15.6. The molecule has 0 aliphatic carbocycles. The van der Waals surface area contributed by atoms with Gasteiger partial charge in [-0.3, -0.25) is 0 Å². The van der Waals surface area contributed by atoms with Gasteiger partial charge in [0.15, 0.2) is 5.69 Å². The average Bonchev–Trinajstić information content (AvgIpc) is 2.88. The number of aromatic nitrogens is 2. The lowest BCUT2D eigenvalue weighted by atomic mass is 10.2. The van der Waals surface area contributed by atoms with Gasteiger partial charge in [0.2, 0.25) is 0 Å². The summed E-state index contributed by atoms with van der Waals surface area (Å²) in [7, 11) is -0.731. The van der Waals surface area contributed by atoms with E-state index >= 15 is 0 Å². The Hall–Kier alpha value is -1.12. The minimum Gasteiger partial charge on any atom is -0.361 e. The Kier molecular flexibility index (Phi) is 6.04. The molecule has 2 aromatic rings. The van der Waals surface area contributed by atoms with Crippen LogP contribution in [-0.2, 0) is 17.6 Å². The summed E-state index contributed by atoms with van der Waals surface area (Å²) in [6, 6.07) is 7.99. The summed E-state index contributed by atoms with van der Waals surface area (Å²) in [5, 5.41) is 0. The van der Waals surface area contributed by atoms with E-state index in [9.17, 15) is 13.2 Å². The van der Waals surface area contributed by atoms with Crippen LogP contribution in [0.4, 0.5) is 13.2 Å². The summed E-state index contributed by atoms with van der Waals surface area (Å²) in [6.45, 7) is 5.03. The highest BCUT2D eigenvalue weighted by molar-refractivity contribution is 9.10. The summed E-state index contributed by atoms with van der Waals surface area (Å²) in [5.41, 5.74) is -0.289. The van der Waals surface area contributed by atoms with Gasteiger partial charge >= 0.3 is 6.18 Å². The Balaban J connectivity index is 2.24. The van der Waals surface area contributed by atoms with Gasteiger partial charge in [0, 0.05) is 31.6 Å². The third-order valence-corrected chi connectivity index (χ3v) is 5.16. The molecule has 0 saturated carbocycles. The second kappa shape index (κ2) is 7.63. The zero-order valence-electron chi connectivity index (χ0n) is 12.9. The Morgan fingerprint density at radius 1 is 1.22 bits per heavy atom. The highest BCUT2D eigenvalue weighted by atomic mass is 79.9. The van der Waals surface area contributed by atoms with Crippen molar-refractivity contribution < 1.29 is 17.9 Å². The number of nitrogens with zero attached hydrogens (tertiary/aromatic N) is 2. The number of imidazole rings is 1. The van der Waals surface area contributed by atoms with Crippen molar-refractivity contribution in [3.63, 3.8) is 0 Å². The lowest BCUT2D eigenvalue weighted by molar-refractivity contribution is -0.141. The molecule has 0 spiro atoms. The van der Waals surface area contributed by atoms with Crippen LogP contribution >= 0.6 is 15.9 Å². The number of hydrogen-bond donors (Lipinski definition) is 0. The molecule has 23 heavy (non-hydrogen) atoms. The monoisotopic (exact) mass is 406 g/mol. The van der Waals surface area contributed by atoms with E-state index in [1.807, 2.05) is 0 Å². The van der Waals surface area contributed by atoms with E-state index in [0.29, 0.717) is 12.2 Å². The maximum absolute atomic E-state index is 12.9. The fourth-order valence-corrected chi connectivity index (χ4v) is 2.86. The molecule has 3 nitrogen and oxygen atoms in total. The Morgan fingerprint density at radius 2 is 1.87 bits per heavy atom. The molecule has 1 aromatic heterocycles. The standard InChI is InChI=1S/C15H18BrF3N2OSi/c1-23(2)8-7-22-10-21-9-13(15(17,18)19)20-14(21)11-3-5-12(16)6-4-11/h3-6,9,23H,7-8,10H2,1-2H3. The molecule has 0 aliphatic rings. The molecule has 0 N–H and O–H groups in total. The fourth-order valence-electron chi connectivity index (χ4n) is 1.96. The van der Waals surface area contributed by atoms with Crippen LogP contribution < -0.4 is 0 Å². The van der Waals surface area contributed by atoms with Gasteiger partial charge in [-0.2, -0.15) is 13.2 Å². The Labute approximate surface area is 143 Å². The Bertz CT molecular complexity index is 641. The zero-order chi connectivity index (χ0) is 17.0. The van der Waals surface area contributed by atoms with Crippen molar-refractivity contribution in [3.05, 3.63) is 40.6 Å². The average molecular weight is 407 g/mol. The van der Waals surface area contributed by atoms with Crippen molar-refractivity contribution in [3.8, 4) is 11.4 Å². The number of benzene rings is 1. The minimum absolute atomic E-state index is 0.0651. The molecule has 126 valence electrons. The van der Waals surface area contributed by atoms with Gasteiger partial charge in [-0.15, -0.1) is 0 Å². The van der Waals surface area contributed by atoms with Crippen LogP contribution in [0.25, 0.3) is 11.4 Å². The molecule has 0 bridgehead atoms. The van der Waals surface area contributed by atoms with Gasteiger partial charge < -0.3 is 9.30 Å². The highest BCUT2D eigenvalue weighted by Crippen LogP contribution is 2.31. The highest BCUT2D eigenvalue weighted by Gasteiger charge is 2.35. The van der Waals surface area contributed by atoms with Gasteiger partial charge in [-0.25, -0.2) is 4.98 Å². The maximum Gasteiger partial charge on any atom is 0.434 e. The van der Waals surface area contributed by atoms with E-state index in [0.717, 1.165) is 16.7 Å². The molecule has 8 heteroatoms. The first kappa shape index (κ1) is 18.2. The van der Waals surface area contributed by atoms with Crippen LogP contribution in [0.5, 0.6) is 0 Å². The topological polar surface area (TPSA) is 27.1 Å². The fraction of sp³-hybridized carbons (Fsp3) is 0.400. The molecular formula is C15H18BrF3N2OSi. The first-order chi connectivity index (χ1) is 10.8. The van der Waals surface area contributed by atoms with Crippen LogP contribution in [0, 0.1) is 0 Å². The van der Waals surface area contributed by atoms with Crippen molar-refractivity contribution in [2.75, 3.05) is 6.61 Å². The summed E-state index contributed by atoms with van der Waals surface area (Å²) < 4.78 is 46.6. The van der Waals surface area contributed by atoms with Crippen molar-refractivity contribution >= 4 is 24.7 Å². The summed E-state index contributed by atoms with van der Waals surface area (Å²) in [5.74, 6) is 0.256. The number of halogens is 4. The molecule has 0 radical (unpaired) electrons. The molecule has 2 rings (SSSR count). The largest absolute Gasteiger partial charge is 0.434 e. The molecule has 1 heterocycles. The lowest BCUT2D eigenvalue weighted by Crippen LogP contribution is -2.09. The number of rotatable bonds is 6. The maximum atomic E-state index is 12.9. The van der Waals surface area contributed by atoms with Gasteiger partial charge in [-0.1, -0.05) is 41.2 Å². The van der Waals surface area contributed by atoms with Crippen LogP contribution in [0.2, 0.25) is 19.1 Å². The minimum atomic E-state index is -4.47. The van der Waals surface area contributed by atoms with Crippen molar-refractivity contribution in [2.45, 2.75) is 32.0 Å². The predicted octanol–water partition coefficient (Wildman–Crippen LogP) is 4.79. The first-order valence-electron chi connectivity index (χ1n) is 7.25. The second-order valence-corrected chi connectivity index (χ2v) is 9.92. The summed E-state index contributed by atoms with van der Waals surface area (Å²) in [6.07, 6.45) is -3.47. The molecule has 0 amide bonds. The quantitative estimate of drug-likeness (QED) is 0.509. The third-order valence-electron chi connectivity index (χ3n) is 3.24. The van der Waals surface area contributed by atoms with Crippen molar-refractivity contribution in [1.82, 2.24) is 9.55 Å². The first-order valence-corrected chi connectivity index (χ1v) is 11.2. The van der Waals surface area contributed by atoms with Gasteiger partial charge in [0.25, 0.3) is 0 Å². The molecule has 0 fully saturated rings. The molecule has 0 saturated heterocycles. The van der Waals surface area contributed by atoms with Crippen LogP contribution in [-0.4, -0.2) is 25.0 Å². The van der Waals surface area contributed by atoms with E-state index in [1.54, 1.807) is 24.3 Å². The third kappa shape index (κ3) is 5.19. The van der Waals surface area contributed by atoms with Crippen LogP contribution in [0.15, 0.2) is 34.9 Å². The molecular weight excluding hydrogens is 389 g/mol. The van der Waals surface area contributed by atoms with Crippen molar-refractivity contribution in [2.24, 2.45) is 0 Å². The normalized spacial score (nSPS) is 12.1. The molecule has 0 unspecified atom stereocenters. The summed E-state index contributed by atoms with van der Waals surface area (Å²) in [4.78, 5) is 3.75. The van der Waals surface area contributed by atoms with Gasteiger partial charge in [-0.05, 0) is 18.2 Å². The smallest absolute Gasteiger partial charge is 0.361 e.